The first-order chi connectivity index (χ1) is 12.6. The van der Waals surface area contributed by atoms with Crippen LogP contribution in [0.15, 0.2) is 77.3 Å². The van der Waals surface area contributed by atoms with E-state index in [1.165, 1.54) is 0 Å². The van der Waals surface area contributed by atoms with Crippen LogP contribution in [0.1, 0.15) is 26.3 Å². The Morgan fingerprint density at radius 2 is 1.42 bits per heavy atom. The summed E-state index contributed by atoms with van der Waals surface area (Å²) in [6.07, 6.45) is 0. The molecule has 3 aromatic rings. The Labute approximate surface area is 159 Å². The average Bonchev–Trinajstić information content (AvgIpc) is 2.68. The molecule has 130 valence electrons. The van der Waals surface area contributed by atoms with Crippen LogP contribution in [0.5, 0.6) is 11.5 Å². The molecule has 0 amide bonds. The summed E-state index contributed by atoms with van der Waals surface area (Å²) in [5.41, 5.74) is 1.53. The molecule has 0 aliphatic rings. The van der Waals surface area contributed by atoms with Crippen molar-refractivity contribution >= 4 is 27.7 Å². The summed E-state index contributed by atoms with van der Waals surface area (Å²) in [6.45, 7) is 0. The zero-order chi connectivity index (χ0) is 18.5. The van der Waals surface area contributed by atoms with Crippen molar-refractivity contribution in [3.05, 3.63) is 94.0 Å². The number of hydrogen-bond donors (Lipinski definition) is 0. The van der Waals surface area contributed by atoms with E-state index in [2.05, 4.69) is 15.9 Å². The molecule has 0 saturated heterocycles. The summed E-state index contributed by atoms with van der Waals surface area (Å²) < 4.78 is 11.2. The van der Waals surface area contributed by atoms with Crippen LogP contribution in [0.4, 0.5) is 0 Å². The van der Waals surface area contributed by atoms with Gasteiger partial charge in [-0.3, -0.25) is 4.79 Å². The van der Waals surface area contributed by atoms with Gasteiger partial charge in [0, 0.05) is 11.1 Å². The molecule has 0 unspecified atom stereocenters. The van der Waals surface area contributed by atoms with Gasteiger partial charge < -0.3 is 9.47 Å². The van der Waals surface area contributed by atoms with Crippen molar-refractivity contribution in [3.8, 4) is 11.5 Å². The SMILES string of the molecule is COc1ccc(C(=O)Oc2ccc(C(=O)c3ccccc3)cc2)cc1Br. The summed E-state index contributed by atoms with van der Waals surface area (Å²) in [5.74, 6) is 0.426. The minimum Gasteiger partial charge on any atom is -0.496 e. The van der Waals surface area contributed by atoms with Crippen LogP contribution >= 0.6 is 15.9 Å². The summed E-state index contributed by atoms with van der Waals surface area (Å²) in [5, 5.41) is 0. The molecule has 5 heteroatoms. The second-order valence-electron chi connectivity index (χ2n) is 5.46. The van der Waals surface area contributed by atoms with E-state index in [1.807, 2.05) is 18.2 Å². The second kappa shape index (κ2) is 7.97. The first kappa shape index (κ1) is 17.9. The third kappa shape index (κ3) is 4.00. The summed E-state index contributed by atoms with van der Waals surface area (Å²) >= 11 is 3.34. The highest BCUT2D eigenvalue weighted by molar-refractivity contribution is 9.10. The Bertz CT molecular complexity index is 934. The first-order valence-electron chi connectivity index (χ1n) is 7.84. The number of esters is 1. The molecular weight excluding hydrogens is 396 g/mol. The van der Waals surface area contributed by atoms with Crippen LogP contribution in [0.3, 0.4) is 0 Å². The molecule has 0 atom stereocenters. The van der Waals surface area contributed by atoms with Crippen molar-refractivity contribution in [2.45, 2.75) is 0 Å². The van der Waals surface area contributed by atoms with E-state index in [0.29, 0.717) is 32.7 Å². The van der Waals surface area contributed by atoms with Crippen molar-refractivity contribution in [2.75, 3.05) is 7.11 Å². The molecule has 0 radical (unpaired) electrons. The Hall–Kier alpha value is -2.92. The van der Waals surface area contributed by atoms with Crippen LogP contribution in [0.2, 0.25) is 0 Å². The number of rotatable bonds is 5. The van der Waals surface area contributed by atoms with Crippen LogP contribution in [0.25, 0.3) is 0 Å². The van der Waals surface area contributed by atoms with Crippen molar-refractivity contribution in [3.63, 3.8) is 0 Å². The smallest absolute Gasteiger partial charge is 0.343 e. The molecule has 0 spiro atoms. The van der Waals surface area contributed by atoms with Crippen molar-refractivity contribution < 1.29 is 19.1 Å². The van der Waals surface area contributed by atoms with Gasteiger partial charge in [0.05, 0.1) is 17.1 Å². The molecule has 3 aromatic carbocycles. The van der Waals surface area contributed by atoms with E-state index in [-0.39, 0.29) is 5.78 Å². The lowest BCUT2D eigenvalue weighted by atomic mass is 10.0. The van der Waals surface area contributed by atoms with Crippen molar-refractivity contribution in [2.24, 2.45) is 0 Å². The number of carbonyl (C=O) groups is 2. The molecule has 4 nitrogen and oxygen atoms in total. The van der Waals surface area contributed by atoms with Gasteiger partial charge in [-0.05, 0) is 58.4 Å². The molecule has 0 bridgehead atoms. The normalized spacial score (nSPS) is 10.2. The number of methoxy groups -OCH3 is 1. The lowest BCUT2D eigenvalue weighted by Gasteiger charge is -2.08. The second-order valence-corrected chi connectivity index (χ2v) is 6.31. The largest absolute Gasteiger partial charge is 0.496 e. The van der Waals surface area contributed by atoms with E-state index in [1.54, 1.807) is 61.7 Å². The van der Waals surface area contributed by atoms with Gasteiger partial charge in [0.2, 0.25) is 0 Å². The molecule has 0 aliphatic carbocycles. The molecule has 0 aliphatic heterocycles. The predicted molar refractivity (Wildman–Crippen MR) is 102 cm³/mol. The average molecular weight is 411 g/mol. The molecule has 26 heavy (non-hydrogen) atoms. The number of halogens is 1. The third-order valence-corrected chi connectivity index (χ3v) is 4.37. The van der Waals surface area contributed by atoms with E-state index in [0.717, 1.165) is 0 Å². The Kier molecular flexibility index (Phi) is 5.49. The quantitative estimate of drug-likeness (QED) is 0.340. The Balaban J connectivity index is 1.72. The summed E-state index contributed by atoms with van der Waals surface area (Å²) in [7, 11) is 1.55. The molecule has 0 aromatic heterocycles. The van der Waals surface area contributed by atoms with E-state index in [4.69, 9.17) is 9.47 Å². The van der Waals surface area contributed by atoms with Gasteiger partial charge in [0.15, 0.2) is 5.78 Å². The highest BCUT2D eigenvalue weighted by Crippen LogP contribution is 2.26. The van der Waals surface area contributed by atoms with Crippen LogP contribution in [0, 0.1) is 0 Å². The van der Waals surface area contributed by atoms with Gasteiger partial charge in [0.25, 0.3) is 0 Å². The third-order valence-electron chi connectivity index (χ3n) is 3.75. The maximum absolute atomic E-state index is 12.4. The fourth-order valence-corrected chi connectivity index (χ4v) is 2.93. The number of carbonyl (C=O) groups excluding carboxylic acids is 2. The molecule has 0 heterocycles. The molecule has 0 N–H and O–H groups in total. The number of benzene rings is 3. The minimum atomic E-state index is -0.490. The number of ether oxygens (including phenoxy) is 2. The Morgan fingerprint density at radius 3 is 2.04 bits per heavy atom. The topological polar surface area (TPSA) is 52.6 Å². The molecule has 0 fully saturated rings. The molecule has 0 saturated carbocycles. The van der Waals surface area contributed by atoms with E-state index < -0.39 is 5.97 Å². The van der Waals surface area contributed by atoms with Gasteiger partial charge in [-0.2, -0.15) is 0 Å². The summed E-state index contributed by atoms with van der Waals surface area (Å²) in [6, 6.07) is 20.4. The lowest BCUT2D eigenvalue weighted by Crippen LogP contribution is -2.09. The van der Waals surface area contributed by atoms with Gasteiger partial charge >= 0.3 is 5.97 Å². The first-order valence-corrected chi connectivity index (χ1v) is 8.63. The highest BCUT2D eigenvalue weighted by Gasteiger charge is 2.13. The molecule has 3 rings (SSSR count). The van der Waals surface area contributed by atoms with Crippen LogP contribution < -0.4 is 9.47 Å². The van der Waals surface area contributed by atoms with Crippen molar-refractivity contribution in [1.29, 1.82) is 0 Å². The van der Waals surface area contributed by atoms with E-state index >= 15 is 0 Å². The highest BCUT2D eigenvalue weighted by atomic mass is 79.9. The maximum Gasteiger partial charge on any atom is 0.343 e. The number of hydrogen-bond acceptors (Lipinski definition) is 4. The van der Waals surface area contributed by atoms with Gasteiger partial charge in [0.1, 0.15) is 11.5 Å². The van der Waals surface area contributed by atoms with Crippen LogP contribution in [-0.2, 0) is 0 Å². The monoisotopic (exact) mass is 410 g/mol. The Morgan fingerprint density at radius 1 is 0.808 bits per heavy atom. The summed E-state index contributed by atoms with van der Waals surface area (Å²) in [4.78, 5) is 24.6. The van der Waals surface area contributed by atoms with Crippen LogP contribution in [-0.4, -0.2) is 18.9 Å². The molecular formula is C21H15BrO4. The number of ketones is 1. The zero-order valence-electron chi connectivity index (χ0n) is 13.9. The standard InChI is InChI=1S/C21H15BrO4/c1-25-19-12-9-16(13-18(19)22)21(24)26-17-10-7-15(8-11-17)20(23)14-5-3-2-4-6-14/h2-13H,1H3. The van der Waals surface area contributed by atoms with Gasteiger partial charge in [-0.15, -0.1) is 0 Å². The van der Waals surface area contributed by atoms with E-state index in [9.17, 15) is 9.59 Å². The fraction of sp³-hybridized carbons (Fsp3) is 0.0476. The predicted octanol–water partition coefficient (Wildman–Crippen LogP) is 4.91. The fourth-order valence-electron chi connectivity index (χ4n) is 2.39. The maximum atomic E-state index is 12.4. The van der Waals surface area contributed by atoms with Gasteiger partial charge in [-0.25, -0.2) is 4.79 Å². The minimum absolute atomic E-state index is 0.0810. The zero-order valence-corrected chi connectivity index (χ0v) is 15.5. The van der Waals surface area contributed by atoms with Gasteiger partial charge in [-0.1, -0.05) is 30.3 Å². The lowest BCUT2D eigenvalue weighted by molar-refractivity contribution is 0.0734. The van der Waals surface area contributed by atoms with Crippen molar-refractivity contribution in [1.82, 2.24) is 0 Å².